The van der Waals surface area contributed by atoms with E-state index in [1.165, 1.54) is 0 Å². The molecule has 0 saturated heterocycles. The van der Waals surface area contributed by atoms with Crippen molar-refractivity contribution in [3.63, 3.8) is 0 Å². The maximum atomic E-state index is 11.8. The van der Waals surface area contributed by atoms with Crippen molar-refractivity contribution in [2.45, 2.75) is 67.0 Å². The summed E-state index contributed by atoms with van der Waals surface area (Å²) in [5.74, 6) is 0.603. The van der Waals surface area contributed by atoms with Crippen LogP contribution in [0.15, 0.2) is 0 Å². The molecule has 0 aliphatic rings. The minimum atomic E-state index is -0.164. The summed E-state index contributed by atoms with van der Waals surface area (Å²) >= 11 is 0. The Hall–Kier alpha value is -0.570. The van der Waals surface area contributed by atoms with Crippen LogP contribution in [0.4, 0.5) is 0 Å². The third-order valence-corrected chi connectivity index (χ3v) is 3.10. The van der Waals surface area contributed by atoms with Crippen molar-refractivity contribution in [2.24, 2.45) is 11.3 Å². The first-order chi connectivity index (χ1) is 7.43. The van der Waals surface area contributed by atoms with E-state index >= 15 is 0 Å². The molecule has 0 radical (unpaired) electrons. The van der Waals surface area contributed by atoms with Crippen LogP contribution >= 0.6 is 0 Å². The molecule has 0 bridgehead atoms. The van der Waals surface area contributed by atoms with E-state index in [0.29, 0.717) is 5.92 Å². The van der Waals surface area contributed by atoms with Gasteiger partial charge in [-0.25, -0.2) is 0 Å². The van der Waals surface area contributed by atoms with Gasteiger partial charge >= 0.3 is 0 Å². The maximum absolute atomic E-state index is 11.8. The summed E-state index contributed by atoms with van der Waals surface area (Å²) in [5.41, 5.74) is 0.107. The second kappa shape index (κ2) is 5.85. The topological polar surface area (TPSA) is 41.1 Å². The standard InChI is InChI=1S/C14H30N2O/c1-10(13(3,4)5)9-15-11(2)12(17)16-14(6,7)8/h10-11,15H,9H2,1-8H3,(H,16,17). The van der Waals surface area contributed by atoms with Gasteiger partial charge in [-0.2, -0.15) is 0 Å². The third kappa shape index (κ3) is 7.37. The van der Waals surface area contributed by atoms with Crippen LogP contribution in [0.1, 0.15) is 55.4 Å². The molecule has 0 aromatic carbocycles. The largest absolute Gasteiger partial charge is 0.350 e. The molecule has 0 aliphatic heterocycles. The van der Waals surface area contributed by atoms with E-state index in [2.05, 4.69) is 38.3 Å². The van der Waals surface area contributed by atoms with E-state index in [4.69, 9.17) is 0 Å². The summed E-state index contributed by atoms with van der Waals surface area (Å²) in [4.78, 5) is 11.8. The first-order valence-corrected chi connectivity index (χ1v) is 6.49. The minimum Gasteiger partial charge on any atom is -0.350 e. The fourth-order valence-corrected chi connectivity index (χ4v) is 1.23. The molecule has 0 spiro atoms. The average Bonchev–Trinajstić information content (AvgIpc) is 2.08. The Kier molecular flexibility index (Phi) is 5.66. The number of hydrogen-bond acceptors (Lipinski definition) is 2. The predicted molar refractivity (Wildman–Crippen MR) is 74.0 cm³/mol. The molecule has 0 fully saturated rings. The first-order valence-electron chi connectivity index (χ1n) is 6.49. The molecular formula is C14H30N2O. The molecule has 0 rings (SSSR count). The molecule has 102 valence electrons. The van der Waals surface area contributed by atoms with Gasteiger partial charge in [-0.15, -0.1) is 0 Å². The highest BCUT2D eigenvalue weighted by Gasteiger charge is 2.23. The molecule has 0 aromatic heterocycles. The summed E-state index contributed by atoms with van der Waals surface area (Å²) in [6, 6.07) is -0.140. The second-order valence-electron chi connectivity index (χ2n) is 7.14. The smallest absolute Gasteiger partial charge is 0.237 e. The van der Waals surface area contributed by atoms with Crippen LogP contribution in [0.5, 0.6) is 0 Å². The van der Waals surface area contributed by atoms with Crippen molar-refractivity contribution in [1.82, 2.24) is 10.6 Å². The van der Waals surface area contributed by atoms with E-state index in [0.717, 1.165) is 6.54 Å². The molecule has 1 amide bonds. The van der Waals surface area contributed by atoms with E-state index in [1.807, 2.05) is 27.7 Å². The maximum Gasteiger partial charge on any atom is 0.237 e. The Labute approximate surface area is 107 Å². The van der Waals surface area contributed by atoms with Gasteiger partial charge in [0.2, 0.25) is 5.91 Å². The zero-order chi connectivity index (χ0) is 13.9. The first kappa shape index (κ1) is 16.4. The van der Waals surface area contributed by atoms with Crippen molar-refractivity contribution in [2.75, 3.05) is 6.54 Å². The highest BCUT2D eigenvalue weighted by atomic mass is 16.2. The highest BCUT2D eigenvalue weighted by molar-refractivity contribution is 5.81. The van der Waals surface area contributed by atoms with E-state index in [9.17, 15) is 4.79 Å². The highest BCUT2D eigenvalue weighted by Crippen LogP contribution is 2.24. The number of rotatable bonds is 4. The van der Waals surface area contributed by atoms with Crippen molar-refractivity contribution < 1.29 is 4.79 Å². The molecule has 0 aromatic rings. The van der Waals surface area contributed by atoms with Gasteiger partial charge < -0.3 is 10.6 Å². The Balaban J connectivity index is 4.11. The van der Waals surface area contributed by atoms with Crippen molar-refractivity contribution in [3.05, 3.63) is 0 Å². The number of nitrogens with one attached hydrogen (secondary N) is 2. The molecule has 0 saturated carbocycles. The summed E-state index contributed by atoms with van der Waals surface area (Å²) < 4.78 is 0. The van der Waals surface area contributed by atoms with E-state index in [1.54, 1.807) is 0 Å². The van der Waals surface area contributed by atoms with Gasteiger partial charge in [0, 0.05) is 5.54 Å². The van der Waals surface area contributed by atoms with E-state index < -0.39 is 0 Å². The SMILES string of the molecule is CC(NCC(C)C(C)(C)C)C(=O)NC(C)(C)C. The van der Waals surface area contributed by atoms with Gasteiger partial charge in [0.15, 0.2) is 0 Å². The zero-order valence-corrected chi connectivity index (χ0v) is 12.8. The number of amides is 1. The molecule has 17 heavy (non-hydrogen) atoms. The zero-order valence-electron chi connectivity index (χ0n) is 12.8. The summed E-state index contributed by atoms with van der Waals surface area (Å²) in [6.45, 7) is 17.6. The monoisotopic (exact) mass is 242 g/mol. The van der Waals surface area contributed by atoms with Gasteiger partial charge in [0.05, 0.1) is 6.04 Å². The van der Waals surface area contributed by atoms with Crippen LogP contribution in [-0.2, 0) is 4.79 Å². The normalized spacial score (nSPS) is 16.5. The Morgan fingerprint density at radius 1 is 1.06 bits per heavy atom. The lowest BCUT2D eigenvalue weighted by Crippen LogP contribution is -2.50. The fraction of sp³-hybridized carbons (Fsp3) is 0.929. The predicted octanol–water partition coefficient (Wildman–Crippen LogP) is 2.56. The summed E-state index contributed by atoms with van der Waals surface area (Å²) in [5, 5.41) is 6.28. The molecule has 2 atom stereocenters. The molecule has 2 N–H and O–H groups in total. The van der Waals surface area contributed by atoms with Crippen molar-refractivity contribution in [1.29, 1.82) is 0 Å². The van der Waals surface area contributed by atoms with Gasteiger partial charge in [-0.3, -0.25) is 4.79 Å². The van der Waals surface area contributed by atoms with Crippen LogP contribution < -0.4 is 10.6 Å². The molecule has 0 heterocycles. The lowest BCUT2D eigenvalue weighted by atomic mass is 9.82. The average molecular weight is 242 g/mol. The molecule has 2 unspecified atom stereocenters. The van der Waals surface area contributed by atoms with Gasteiger partial charge in [0.25, 0.3) is 0 Å². The number of carbonyl (C=O) groups is 1. The van der Waals surface area contributed by atoms with Gasteiger partial charge in [-0.05, 0) is 45.6 Å². The number of carbonyl (C=O) groups excluding carboxylic acids is 1. The van der Waals surface area contributed by atoms with E-state index in [-0.39, 0.29) is 22.9 Å². The summed E-state index contributed by atoms with van der Waals surface area (Å²) in [6.07, 6.45) is 0. The van der Waals surface area contributed by atoms with Crippen LogP contribution in [0.2, 0.25) is 0 Å². The Bertz CT molecular complexity index is 248. The quantitative estimate of drug-likeness (QED) is 0.795. The van der Waals surface area contributed by atoms with Crippen LogP contribution in [-0.4, -0.2) is 24.0 Å². The molecular weight excluding hydrogens is 212 g/mol. The number of hydrogen-bond donors (Lipinski definition) is 2. The van der Waals surface area contributed by atoms with Gasteiger partial charge in [-0.1, -0.05) is 27.7 Å². The minimum absolute atomic E-state index is 0.0682. The van der Waals surface area contributed by atoms with Crippen LogP contribution in [0.3, 0.4) is 0 Å². The molecule has 3 nitrogen and oxygen atoms in total. The molecule has 0 aliphatic carbocycles. The van der Waals surface area contributed by atoms with Gasteiger partial charge in [0.1, 0.15) is 0 Å². The Morgan fingerprint density at radius 3 is 1.88 bits per heavy atom. The lowest BCUT2D eigenvalue weighted by Gasteiger charge is -2.29. The second-order valence-corrected chi connectivity index (χ2v) is 7.14. The van der Waals surface area contributed by atoms with Crippen molar-refractivity contribution >= 4 is 5.91 Å². The third-order valence-electron chi connectivity index (χ3n) is 3.10. The summed E-state index contributed by atoms with van der Waals surface area (Å²) in [7, 11) is 0. The Morgan fingerprint density at radius 2 is 1.53 bits per heavy atom. The van der Waals surface area contributed by atoms with Crippen LogP contribution in [0.25, 0.3) is 0 Å². The molecule has 3 heteroatoms. The lowest BCUT2D eigenvalue weighted by molar-refractivity contribution is -0.124. The van der Waals surface area contributed by atoms with Crippen LogP contribution in [0, 0.1) is 11.3 Å². The van der Waals surface area contributed by atoms with Crippen molar-refractivity contribution in [3.8, 4) is 0 Å². The fourth-order valence-electron chi connectivity index (χ4n) is 1.23.